The van der Waals surface area contributed by atoms with Gasteiger partial charge in [0.1, 0.15) is 11.5 Å². The van der Waals surface area contributed by atoms with Crippen molar-refractivity contribution in [2.45, 2.75) is 19.0 Å². The number of carbonyl (C=O) groups is 2. The Bertz CT molecular complexity index is 667. The van der Waals surface area contributed by atoms with E-state index in [1.165, 1.54) is 12.1 Å². The fourth-order valence-corrected chi connectivity index (χ4v) is 2.57. The molecule has 0 unspecified atom stereocenters. The van der Waals surface area contributed by atoms with E-state index in [4.69, 9.17) is 0 Å². The number of likely N-dealkylation sites (tertiary alicyclic amines) is 1. The predicted molar refractivity (Wildman–Crippen MR) is 78.5 cm³/mol. The summed E-state index contributed by atoms with van der Waals surface area (Å²) in [7, 11) is 0. The molecule has 1 aliphatic heterocycles. The number of rotatable bonds is 4. The molecule has 22 heavy (non-hydrogen) atoms. The third-order valence-corrected chi connectivity index (χ3v) is 3.68. The molecule has 3 rings (SSSR count). The molecule has 0 spiro atoms. The molecule has 1 atom stereocenters. The molecule has 1 saturated heterocycles. The van der Waals surface area contributed by atoms with E-state index in [0.717, 1.165) is 5.56 Å². The van der Waals surface area contributed by atoms with E-state index in [2.05, 4.69) is 10.3 Å². The maximum Gasteiger partial charge on any atom is 0.267 e. The van der Waals surface area contributed by atoms with Crippen LogP contribution in [0.25, 0.3) is 0 Å². The fourth-order valence-electron chi connectivity index (χ4n) is 2.57. The van der Waals surface area contributed by atoms with E-state index in [1.807, 2.05) is 0 Å². The molecule has 0 aliphatic carbocycles. The highest BCUT2D eigenvalue weighted by Gasteiger charge is 2.30. The monoisotopic (exact) mass is 301 g/mol. The zero-order chi connectivity index (χ0) is 15.5. The number of carbonyl (C=O) groups excluding carboxylic acids is 2. The van der Waals surface area contributed by atoms with Crippen molar-refractivity contribution in [3.05, 3.63) is 59.7 Å². The minimum absolute atomic E-state index is 0.0129. The lowest BCUT2D eigenvalue weighted by molar-refractivity contribution is -0.128. The lowest BCUT2D eigenvalue weighted by atomic mass is 10.2. The summed E-state index contributed by atoms with van der Waals surface area (Å²) in [4.78, 5) is 28.5. The third-order valence-electron chi connectivity index (χ3n) is 3.68. The van der Waals surface area contributed by atoms with Crippen molar-refractivity contribution in [2.24, 2.45) is 0 Å². The topological polar surface area (TPSA) is 65.2 Å². The number of benzene rings is 1. The van der Waals surface area contributed by atoms with Gasteiger partial charge < -0.3 is 15.2 Å². The van der Waals surface area contributed by atoms with Crippen LogP contribution in [0, 0.1) is 5.82 Å². The van der Waals surface area contributed by atoms with Crippen molar-refractivity contribution in [3.63, 3.8) is 0 Å². The summed E-state index contributed by atoms with van der Waals surface area (Å²) in [5, 5.41) is 2.84. The first kappa shape index (κ1) is 14.3. The minimum Gasteiger partial charge on any atom is -0.357 e. The lowest BCUT2D eigenvalue weighted by Gasteiger charge is -2.17. The molecule has 1 aromatic heterocycles. The second kappa shape index (κ2) is 6.01. The molecular formula is C16H16FN3O2. The smallest absolute Gasteiger partial charge is 0.267 e. The number of aromatic amines is 1. The van der Waals surface area contributed by atoms with Crippen LogP contribution >= 0.6 is 0 Å². The Morgan fingerprint density at radius 3 is 2.77 bits per heavy atom. The number of nitrogens with one attached hydrogen (secondary N) is 2. The van der Waals surface area contributed by atoms with E-state index >= 15 is 0 Å². The highest BCUT2D eigenvalue weighted by atomic mass is 19.1. The van der Waals surface area contributed by atoms with Crippen LogP contribution < -0.4 is 5.32 Å². The molecule has 5 nitrogen and oxygen atoms in total. The molecule has 0 bridgehead atoms. The molecule has 2 N–H and O–H groups in total. The molecule has 114 valence electrons. The van der Waals surface area contributed by atoms with Crippen LogP contribution in [0.1, 0.15) is 22.5 Å². The van der Waals surface area contributed by atoms with Crippen molar-refractivity contribution >= 4 is 11.8 Å². The zero-order valence-corrected chi connectivity index (χ0v) is 11.9. The molecule has 0 saturated carbocycles. The van der Waals surface area contributed by atoms with Gasteiger partial charge in [-0.05, 0) is 29.8 Å². The molecule has 1 aromatic carbocycles. The summed E-state index contributed by atoms with van der Waals surface area (Å²) in [5.74, 6) is -0.528. The van der Waals surface area contributed by atoms with Gasteiger partial charge >= 0.3 is 0 Å². The largest absolute Gasteiger partial charge is 0.357 e. The number of aromatic nitrogens is 1. The van der Waals surface area contributed by atoms with Crippen molar-refractivity contribution in [2.75, 3.05) is 6.54 Å². The van der Waals surface area contributed by atoms with Gasteiger partial charge in [-0.1, -0.05) is 12.1 Å². The van der Waals surface area contributed by atoms with E-state index in [9.17, 15) is 14.0 Å². The van der Waals surface area contributed by atoms with Crippen LogP contribution in [-0.2, 0) is 11.3 Å². The van der Waals surface area contributed by atoms with Gasteiger partial charge in [-0.2, -0.15) is 0 Å². The molecule has 2 aromatic rings. The van der Waals surface area contributed by atoms with Crippen molar-refractivity contribution in [3.8, 4) is 0 Å². The summed E-state index contributed by atoms with van der Waals surface area (Å²) in [6.07, 6.45) is 1.96. The number of hydrogen-bond donors (Lipinski definition) is 2. The van der Waals surface area contributed by atoms with Crippen LogP contribution in [0.3, 0.4) is 0 Å². The van der Waals surface area contributed by atoms with Gasteiger partial charge in [-0.15, -0.1) is 0 Å². The number of halogens is 1. The Morgan fingerprint density at radius 2 is 2.09 bits per heavy atom. The van der Waals surface area contributed by atoms with Crippen LogP contribution in [0.15, 0.2) is 42.6 Å². The number of nitrogens with zero attached hydrogens (tertiary/aromatic N) is 1. The van der Waals surface area contributed by atoms with Crippen LogP contribution in [-0.4, -0.2) is 34.3 Å². The normalized spacial score (nSPS) is 17.8. The molecule has 1 fully saturated rings. The summed E-state index contributed by atoms with van der Waals surface area (Å²) >= 11 is 0. The summed E-state index contributed by atoms with van der Waals surface area (Å²) in [6, 6.07) is 9.29. The van der Waals surface area contributed by atoms with Gasteiger partial charge in [-0.25, -0.2) is 4.39 Å². The number of hydrogen-bond acceptors (Lipinski definition) is 2. The fraction of sp³-hybridized carbons (Fsp3) is 0.250. The van der Waals surface area contributed by atoms with Gasteiger partial charge in [-0.3, -0.25) is 9.59 Å². The maximum absolute atomic E-state index is 12.9. The Kier molecular flexibility index (Phi) is 3.91. The second-order valence-electron chi connectivity index (χ2n) is 5.36. The first-order valence-electron chi connectivity index (χ1n) is 7.08. The molecule has 6 heteroatoms. The first-order chi connectivity index (χ1) is 10.6. The van der Waals surface area contributed by atoms with Gasteiger partial charge in [0, 0.05) is 25.7 Å². The van der Waals surface area contributed by atoms with E-state index in [0.29, 0.717) is 18.8 Å². The predicted octanol–water partition coefficient (Wildman–Crippen LogP) is 1.68. The standard InChI is InChI=1S/C16H16FN3O2/c17-12-5-3-11(4-6-12)9-20-10-13(8-15(20)21)19-16(22)14-2-1-7-18-14/h1-7,13,18H,8-10H2,(H,19,22)/t13-/m1/s1. The van der Waals surface area contributed by atoms with Crippen LogP contribution in [0.5, 0.6) is 0 Å². The average molecular weight is 301 g/mol. The van der Waals surface area contributed by atoms with Gasteiger partial charge in [0.15, 0.2) is 0 Å². The first-order valence-corrected chi connectivity index (χ1v) is 7.08. The van der Waals surface area contributed by atoms with Crippen LogP contribution in [0.2, 0.25) is 0 Å². The van der Waals surface area contributed by atoms with E-state index in [-0.39, 0.29) is 30.1 Å². The van der Waals surface area contributed by atoms with Crippen molar-refractivity contribution in [1.29, 1.82) is 0 Å². The summed E-state index contributed by atoms with van der Waals surface area (Å²) < 4.78 is 12.9. The second-order valence-corrected chi connectivity index (χ2v) is 5.36. The summed E-state index contributed by atoms with van der Waals surface area (Å²) in [6.45, 7) is 0.886. The summed E-state index contributed by atoms with van der Waals surface area (Å²) in [5.41, 5.74) is 1.34. The van der Waals surface area contributed by atoms with Crippen molar-refractivity contribution in [1.82, 2.24) is 15.2 Å². The van der Waals surface area contributed by atoms with Gasteiger partial charge in [0.25, 0.3) is 5.91 Å². The highest BCUT2D eigenvalue weighted by molar-refractivity contribution is 5.93. The number of H-pyrrole nitrogens is 1. The van der Waals surface area contributed by atoms with Gasteiger partial charge in [0.2, 0.25) is 5.91 Å². The van der Waals surface area contributed by atoms with E-state index < -0.39 is 0 Å². The molecule has 2 heterocycles. The van der Waals surface area contributed by atoms with E-state index in [1.54, 1.807) is 35.4 Å². The molecule has 0 radical (unpaired) electrons. The maximum atomic E-state index is 12.9. The highest BCUT2D eigenvalue weighted by Crippen LogP contribution is 2.16. The average Bonchev–Trinajstić information content (AvgIpc) is 3.12. The minimum atomic E-state index is -0.299. The third kappa shape index (κ3) is 3.16. The molecule has 2 amide bonds. The Hall–Kier alpha value is -2.63. The van der Waals surface area contributed by atoms with Crippen molar-refractivity contribution < 1.29 is 14.0 Å². The number of amides is 2. The zero-order valence-electron chi connectivity index (χ0n) is 11.9. The molecule has 1 aliphatic rings. The molecular weight excluding hydrogens is 285 g/mol. The van der Waals surface area contributed by atoms with Gasteiger partial charge in [0.05, 0.1) is 6.04 Å². The lowest BCUT2D eigenvalue weighted by Crippen LogP contribution is -2.37. The Labute approximate surface area is 127 Å². The van der Waals surface area contributed by atoms with Crippen LogP contribution in [0.4, 0.5) is 4.39 Å². The SMILES string of the molecule is O=C(N[C@@H]1CC(=O)N(Cc2ccc(F)cc2)C1)c1ccc[nH]1. The quantitative estimate of drug-likeness (QED) is 0.902. The Morgan fingerprint density at radius 1 is 1.32 bits per heavy atom. The Balaban J connectivity index is 1.58.